The van der Waals surface area contributed by atoms with Crippen LogP contribution in [0.5, 0.6) is 0 Å². The molecule has 1 aliphatic rings. The van der Waals surface area contributed by atoms with Crippen LogP contribution in [0.25, 0.3) is 0 Å². The van der Waals surface area contributed by atoms with Crippen molar-refractivity contribution in [1.82, 2.24) is 9.88 Å². The normalized spacial score (nSPS) is 25.1. The quantitative estimate of drug-likeness (QED) is 0.841. The van der Waals surface area contributed by atoms with Crippen molar-refractivity contribution in [2.75, 3.05) is 26.8 Å². The number of nitrogens with zero attached hydrogens (tertiary/aromatic N) is 2. The van der Waals surface area contributed by atoms with Crippen LogP contribution >= 0.6 is 0 Å². The highest BCUT2D eigenvalue weighted by molar-refractivity contribution is 5.07. The lowest BCUT2D eigenvalue weighted by molar-refractivity contribution is 0.0285. The lowest BCUT2D eigenvalue weighted by Gasteiger charge is -2.31. The molecule has 0 bridgehead atoms. The van der Waals surface area contributed by atoms with Gasteiger partial charge in [-0.05, 0) is 25.1 Å². The molecule has 17 heavy (non-hydrogen) atoms. The summed E-state index contributed by atoms with van der Waals surface area (Å²) >= 11 is 0. The van der Waals surface area contributed by atoms with Gasteiger partial charge in [0.15, 0.2) is 0 Å². The molecule has 1 aromatic heterocycles. The van der Waals surface area contributed by atoms with E-state index in [1.165, 1.54) is 5.56 Å². The van der Waals surface area contributed by atoms with Crippen molar-refractivity contribution in [2.45, 2.75) is 19.0 Å². The van der Waals surface area contributed by atoms with Crippen molar-refractivity contribution in [3.8, 4) is 0 Å². The maximum absolute atomic E-state index is 6.10. The molecular weight excluding hydrogens is 214 g/mol. The van der Waals surface area contributed by atoms with Crippen LogP contribution in [0.1, 0.15) is 12.0 Å². The number of rotatable bonds is 4. The zero-order valence-electron chi connectivity index (χ0n) is 10.4. The molecule has 0 aromatic carbocycles. The predicted octanol–water partition coefficient (Wildman–Crippen LogP) is 0.877. The molecule has 0 spiro atoms. The van der Waals surface area contributed by atoms with Crippen LogP contribution in [0.4, 0.5) is 0 Å². The summed E-state index contributed by atoms with van der Waals surface area (Å²) in [4.78, 5) is 6.41. The van der Waals surface area contributed by atoms with Crippen LogP contribution in [0.3, 0.4) is 0 Å². The van der Waals surface area contributed by atoms with Crippen LogP contribution in [0, 0.1) is 5.92 Å². The molecule has 1 aliphatic heterocycles. The first-order valence-electron chi connectivity index (χ1n) is 6.16. The van der Waals surface area contributed by atoms with Gasteiger partial charge in [0, 0.05) is 44.0 Å². The van der Waals surface area contributed by atoms with Gasteiger partial charge in [-0.1, -0.05) is 6.07 Å². The van der Waals surface area contributed by atoms with E-state index < -0.39 is 0 Å². The summed E-state index contributed by atoms with van der Waals surface area (Å²) in [5.41, 5.74) is 7.34. The molecule has 4 nitrogen and oxygen atoms in total. The Morgan fingerprint density at radius 2 is 2.47 bits per heavy atom. The lowest BCUT2D eigenvalue weighted by atomic mass is 9.96. The molecule has 1 saturated heterocycles. The monoisotopic (exact) mass is 235 g/mol. The third-order valence-corrected chi connectivity index (χ3v) is 3.25. The van der Waals surface area contributed by atoms with Crippen molar-refractivity contribution in [3.05, 3.63) is 30.1 Å². The molecule has 2 N–H and O–H groups in total. The van der Waals surface area contributed by atoms with Gasteiger partial charge in [-0.3, -0.25) is 4.98 Å². The van der Waals surface area contributed by atoms with Gasteiger partial charge in [0.05, 0.1) is 6.61 Å². The van der Waals surface area contributed by atoms with E-state index in [1.54, 1.807) is 6.20 Å². The molecule has 0 aliphatic carbocycles. The van der Waals surface area contributed by atoms with Gasteiger partial charge in [0.25, 0.3) is 0 Å². The number of hydrogen-bond acceptors (Lipinski definition) is 4. The first kappa shape index (κ1) is 12.5. The summed E-state index contributed by atoms with van der Waals surface area (Å²) in [5, 5.41) is 0. The Labute approximate surface area is 103 Å². The van der Waals surface area contributed by atoms with Gasteiger partial charge in [-0.25, -0.2) is 0 Å². The second kappa shape index (κ2) is 6.10. The molecule has 1 aromatic rings. The number of nitrogens with two attached hydrogens (primary N) is 1. The van der Waals surface area contributed by atoms with Gasteiger partial charge in [-0.2, -0.15) is 0 Å². The SMILES string of the molecule is CN(Cc1cccnc1)CC1COCCC1N. The van der Waals surface area contributed by atoms with E-state index in [4.69, 9.17) is 10.5 Å². The highest BCUT2D eigenvalue weighted by Gasteiger charge is 2.23. The zero-order valence-corrected chi connectivity index (χ0v) is 10.4. The minimum absolute atomic E-state index is 0.278. The maximum atomic E-state index is 6.10. The van der Waals surface area contributed by atoms with Crippen molar-refractivity contribution in [1.29, 1.82) is 0 Å². The molecule has 0 saturated carbocycles. The van der Waals surface area contributed by atoms with E-state index >= 15 is 0 Å². The first-order valence-corrected chi connectivity index (χ1v) is 6.16. The lowest BCUT2D eigenvalue weighted by Crippen LogP contribution is -2.44. The Hall–Kier alpha value is -0.970. The summed E-state index contributed by atoms with van der Waals surface area (Å²) in [7, 11) is 2.12. The molecule has 2 rings (SSSR count). The van der Waals surface area contributed by atoms with Gasteiger partial charge in [0.2, 0.25) is 0 Å². The van der Waals surface area contributed by atoms with E-state index in [0.717, 1.165) is 32.7 Å². The number of pyridine rings is 1. The van der Waals surface area contributed by atoms with Gasteiger partial charge >= 0.3 is 0 Å². The number of hydrogen-bond donors (Lipinski definition) is 1. The fraction of sp³-hybridized carbons (Fsp3) is 0.615. The van der Waals surface area contributed by atoms with Crippen molar-refractivity contribution >= 4 is 0 Å². The Bertz CT molecular complexity index is 331. The molecule has 2 atom stereocenters. The fourth-order valence-electron chi connectivity index (χ4n) is 2.27. The van der Waals surface area contributed by atoms with E-state index in [1.807, 2.05) is 12.3 Å². The zero-order chi connectivity index (χ0) is 12.1. The van der Waals surface area contributed by atoms with Crippen LogP contribution in [-0.4, -0.2) is 42.7 Å². The fourth-order valence-corrected chi connectivity index (χ4v) is 2.27. The van der Waals surface area contributed by atoms with E-state index in [9.17, 15) is 0 Å². The van der Waals surface area contributed by atoms with Gasteiger partial charge in [0.1, 0.15) is 0 Å². The summed E-state index contributed by atoms with van der Waals surface area (Å²) in [6, 6.07) is 4.35. The molecule has 94 valence electrons. The first-order chi connectivity index (χ1) is 8.25. The topological polar surface area (TPSA) is 51.4 Å². The smallest absolute Gasteiger partial charge is 0.0521 e. The van der Waals surface area contributed by atoms with E-state index in [2.05, 4.69) is 23.0 Å². The van der Waals surface area contributed by atoms with Crippen molar-refractivity contribution in [2.24, 2.45) is 11.7 Å². The molecular formula is C13H21N3O. The average Bonchev–Trinajstić information content (AvgIpc) is 2.33. The molecule has 2 heterocycles. The second-order valence-electron chi connectivity index (χ2n) is 4.85. The minimum Gasteiger partial charge on any atom is -0.381 e. The van der Waals surface area contributed by atoms with E-state index in [0.29, 0.717) is 5.92 Å². The Morgan fingerprint density at radius 1 is 1.59 bits per heavy atom. The Kier molecular flexibility index (Phi) is 4.48. The Balaban J connectivity index is 1.82. The van der Waals surface area contributed by atoms with Crippen LogP contribution in [0.15, 0.2) is 24.5 Å². The molecule has 0 amide bonds. The molecule has 2 unspecified atom stereocenters. The van der Waals surface area contributed by atoms with Gasteiger partial charge in [-0.15, -0.1) is 0 Å². The summed E-state index contributed by atoms with van der Waals surface area (Å²) < 4.78 is 5.48. The highest BCUT2D eigenvalue weighted by atomic mass is 16.5. The van der Waals surface area contributed by atoms with Crippen LogP contribution in [-0.2, 0) is 11.3 Å². The standard InChI is InChI=1S/C13H21N3O/c1-16(8-11-3-2-5-15-7-11)9-12-10-17-6-4-13(12)14/h2-3,5,7,12-13H,4,6,8-10,14H2,1H3. The maximum Gasteiger partial charge on any atom is 0.0521 e. The van der Waals surface area contributed by atoms with E-state index in [-0.39, 0.29) is 6.04 Å². The number of ether oxygens (including phenoxy) is 1. The predicted molar refractivity (Wildman–Crippen MR) is 67.5 cm³/mol. The third kappa shape index (κ3) is 3.77. The highest BCUT2D eigenvalue weighted by Crippen LogP contribution is 2.14. The molecule has 0 radical (unpaired) electrons. The largest absolute Gasteiger partial charge is 0.381 e. The summed E-state index contributed by atoms with van der Waals surface area (Å²) in [6.45, 7) is 3.50. The summed E-state index contributed by atoms with van der Waals surface area (Å²) in [5.74, 6) is 0.449. The van der Waals surface area contributed by atoms with Gasteiger partial charge < -0.3 is 15.4 Å². The van der Waals surface area contributed by atoms with Crippen LogP contribution < -0.4 is 5.73 Å². The second-order valence-corrected chi connectivity index (χ2v) is 4.85. The Morgan fingerprint density at radius 3 is 3.18 bits per heavy atom. The molecule has 1 fully saturated rings. The minimum atomic E-state index is 0.278. The van der Waals surface area contributed by atoms with Crippen LogP contribution in [0.2, 0.25) is 0 Å². The third-order valence-electron chi connectivity index (χ3n) is 3.25. The molecule has 4 heteroatoms. The average molecular weight is 235 g/mol. The van der Waals surface area contributed by atoms with Crippen molar-refractivity contribution in [3.63, 3.8) is 0 Å². The van der Waals surface area contributed by atoms with Crippen molar-refractivity contribution < 1.29 is 4.74 Å². The number of aromatic nitrogens is 1. The summed E-state index contributed by atoms with van der Waals surface area (Å²) in [6.07, 6.45) is 4.69.